The van der Waals surface area contributed by atoms with Crippen LogP contribution in [0.25, 0.3) is 21.8 Å². The van der Waals surface area contributed by atoms with E-state index in [1.54, 1.807) is 56.6 Å². The van der Waals surface area contributed by atoms with E-state index >= 15 is 0 Å². The molecule has 2 aromatic heterocycles. The molecule has 2 aliphatic rings. The van der Waals surface area contributed by atoms with Crippen LogP contribution in [-0.4, -0.2) is 155 Å². The first kappa shape index (κ1) is 56.4. The molecular formula is C49H65Cl2F2N7O11. The van der Waals surface area contributed by atoms with Gasteiger partial charge in [0.05, 0.1) is 24.3 Å². The van der Waals surface area contributed by atoms with Crippen molar-refractivity contribution >= 4 is 80.8 Å². The summed E-state index contributed by atoms with van der Waals surface area (Å²) in [6, 6.07) is 4.60. The fourth-order valence-electron chi connectivity index (χ4n) is 8.76. The van der Waals surface area contributed by atoms with Crippen LogP contribution in [-0.2, 0) is 60.5 Å². The SMILES string of the molecule is CO[C@H](C)[C@H](N)C(=O)N1CC[C@H](OC(C)=O)[C@H]1Cc1c(Cl)[nH]c2cc(F)ccc12.CO[C@H](C)[C@H](NC(=O)[C@H](C)N(C)C(=O)OC(C)(C)C)C(=O)N1CC[C@H](OC(C)=O)[C@H]1Cc1c(Cl)[nH]c2cc(F)ccc12. The Labute approximate surface area is 421 Å². The molecule has 0 aliphatic carbocycles. The lowest BCUT2D eigenvalue weighted by Gasteiger charge is -2.34. The number of nitrogens with one attached hydrogen (secondary N) is 3. The number of carbonyl (C=O) groups excluding carboxylic acids is 6. The van der Waals surface area contributed by atoms with Gasteiger partial charge in [-0.1, -0.05) is 23.2 Å². The van der Waals surface area contributed by atoms with Gasteiger partial charge in [-0.15, -0.1) is 0 Å². The highest BCUT2D eigenvalue weighted by Crippen LogP contribution is 2.35. The fourth-order valence-corrected chi connectivity index (χ4v) is 9.33. The number of rotatable bonds is 15. The van der Waals surface area contributed by atoms with Crippen LogP contribution in [0.3, 0.4) is 0 Å². The number of hydrogen-bond acceptors (Lipinski definition) is 12. The van der Waals surface area contributed by atoms with E-state index in [4.69, 9.17) is 52.6 Å². The first-order valence-corrected chi connectivity index (χ1v) is 24.0. The molecule has 2 saturated heterocycles. The number of likely N-dealkylation sites (N-methyl/N-ethyl adjacent to an activating group) is 1. The number of esters is 2. The standard InChI is InChI=1S/C29H40ClFN4O7.C20H25ClFN3O4/c1-15(34(7)28(39)42-29(4,5)6)26(37)33-24(16(2)40-8)27(38)35-12-11-23(41-17(3)36)22(35)14-20-19-10-9-18(31)13-21(19)32-25(20)30;1-10(28-3)18(23)20(27)25-7-6-17(29-11(2)26)16(25)9-14-13-5-4-12(22)8-15(13)24-19(14)21/h9-10,13,15-16,22-24,32H,11-12,14H2,1-8H3,(H,33,37);4-5,8,10,16-18,24H,6-7,9,23H2,1-3H3/t15-,16+,22+,23-,24-;10-,16-,17+,18+/m01/s1. The van der Waals surface area contributed by atoms with Crippen molar-refractivity contribution in [3.8, 4) is 0 Å². The van der Waals surface area contributed by atoms with Gasteiger partial charge in [0.1, 0.15) is 57.9 Å². The Morgan fingerprint density at radius 2 is 1.21 bits per heavy atom. The molecule has 0 unspecified atom stereocenters. The molecule has 22 heteroatoms. The van der Waals surface area contributed by atoms with Gasteiger partial charge in [0.25, 0.3) is 0 Å². The maximum absolute atomic E-state index is 14.1. The molecule has 2 fully saturated rings. The molecule has 4 aromatic rings. The van der Waals surface area contributed by atoms with Crippen molar-refractivity contribution in [1.82, 2.24) is 30.0 Å². The predicted octanol–water partition coefficient (Wildman–Crippen LogP) is 6.21. The third-order valence-electron chi connectivity index (χ3n) is 12.8. The maximum atomic E-state index is 14.1. The van der Waals surface area contributed by atoms with Crippen molar-refractivity contribution in [3.63, 3.8) is 0 Å². The first-order chi connectivity index (χ1) is 33.3. The molecule has 2 aliphatic heterocycles. The van der Waals surface area contributed by atoms with Gasteiger partial charge in [0, 0.05) is 95.7 Å². The lowest BCUT2D eigenvalue weighted by Crippen LogP contribution is -2.59. The fraction of sp³-hybridized carbons (Fsp3) is 0.551. The van der Waals surface area contributed by atoms with E-state index < -0.39 is 95.9 Å². The highest BCUT2D eigenvalue weighted by atomic mass is 35.5. The van der Waals surface area contributed by atoms with Gasteiger partial charge in [-0.25, -0.2) is 13.6 Å². The van der Waals surface area contributed by atoms with Crippen LogP contribution in [0.4, 0.5) is 13.6 Å². The van der Waals surface area contributed by atoms with E-state index in [-0.39, 0.29) is 29.8 Å². The highest BCUT2D eigenvalue weighted by molar-refractivity contribution is 6.32. The molecule has 5 N–H and O–H groups in total. The van der Waals surface area contributed by atoms with Crippen molar-refractivity contribution in [1.29, 1.82) is 0 Å². The molecule has 2 aromatic carbocycles. The second-order valence-electron chi connectivity index (χ2n) is 18.9. The number of H-pyrrole nitrogens is 2. The first-order valence-electron chi connectivity index (χ1n) is 23.2. The number of nitrogens with zero attached hydrogens (tertiary/aromatic N) is 3. The molecule has 71 heavy (non-hydrogen) atoms. The van der Waals surface area contributed by atoms with Gasteiger partial charge >= 0.3 is 18.0 Å². The topological polar surface area (TPSA) is 228 Å². The lowest BCUT2D eigenvalue weighted by atomic mass is 10.00. The zero-order valence-corrected chi connectivity index (χ0v) is 43.3. The zero-order valence-electron chi connectivity index (χ0n) is 41.8. The molecular weight excluding hydrogens is 971 g/mol. The normalized spacial score (nSPS) is 20.1. The molecule has 0 saturated carbocycles. The van der Waals surface area contributed by atoms with E-state index in [0.717, 1.165) is 15.8 Å². The summed E-state index contributed by atoms with van der Waals surface area (Å²) < 4.78 is 54.5. The van der Waals surface area contributed by atoms with Gasteiger partial charge in [0.15, 0.2) is 0 Å². The molecule has 0 bridgehead atoms. The minimum atomic E-state index is -1.12. The minimum Gasteiger partial charge on any atom is -0.460 e. The van der Waals surface area contributed by atoms with Crippen LogP contribution in [0, 0.1) is 11.6 Å². The summed E-state index contributed by atoms with van der Waals surface area (Å²) in [5.41, 5.74) is 7.75. The molecule has 0 spiro atoms. The Balaban J connectivity index is 0.000000282. The minimum absolute atomic E-state index is 0.202. The van der Waals surface area contributed by atoms with E-state index in [1.165, 1.54) is 66.3 Å². The summed E-state index contributed by atoms with van der Waals surface area (Å²) in [6.45, 7) is 13.3. The van der Waals surface area contributed by atoms with Gasteiger partial charge in [-0.05, 0) is 89.1 Å². The smallest absolute Gasteiger partial charge is 0.410 e. The van der Waals surface area contributed by atoms with Crippen LogP contribution in [0.2, 0.25) is 10.3 Å². The quantitative estimate of drug-likeness (QED) is 0.0770. The van der Waals surface area contributed by atoms with E-state index in [2.05, 4.69) is 15.3 Å². The Kier molecular flexibility index (Phi) is 18.9. The van der Waals surface area contributed by atoms with Crippen molar-refractivity contribution in [3.05, 3.63) is 69.5 Å². The Morgan fingerprint density at radius 3 is 1.62 bits per heavy atom. The Hall–Kier alpha value is -5.54. The van der Waals surface area contributed by atoms with Crippen molar-refractivity contribution in [2.24, 2.45) is 5.73 Å². The summed E-state index contributed by atoms with van der Waals surface area (Å²) in [5, 5.41) is 4.82. The molecule has 4 amide bonds. The number of amides is 4. The Bertz CT molecular complexity index is 2590. The van der Waals surface area contributed by atoms with Crippen LogP contribution in [0.1, 0.15) is 79.4 Å². The van der Waals surface area contributed by atoms with Crippen molar-refractivity contribution in [2.45, 2.75) is 141 Å². The average molecular weight is 1040 g/mol. The summed E-state index contributed by atoms with van der Waals surface area (Å²) in [5.74, 6) is -3.04. The molecule has 0 radical (unpaired) electrons. The average Bonchev–Trinajstić information content (AvgIpc) is 4.05. The van der Waals surface area contributed by atoms with Crippen LogP contribution in [0.15, 0.2) is 36.4 Å². The largest absolute Gasteiger partial charge is 0.460 e. The monoisotopic (exact) mass is 1040 g/mol. The predicted molar refractivity (Wildman–Crippen MR) is 262 cm³/mol. The lowest BCUT2D eigenvalue weighted by molar-refractivity contribution is -0.150. The number of fused-ring (bicyclic) bond motifs is 2. The van der Waals surface area contributed by atoms with Crippen LogP contribution in [0.5, 0.6) is 0 Å². The molecule has 18 nitrogen and oxygen atoms in total. The number of benzene rings is 2. The van der Waals surface area contributed by atoms with Crippen LogP contribution < -0.4 is 11.1 Å². The van der Waals surface area contributed by atoms with Gasteiger partial charge < -0.3 is 54.5 Å². The van der Waals surface area contributed by atoms with Gasteiger partial charge in [-0.3, -0.25) is 28.9 Å². The van der Waals surface area contributed by atoms with E-state index in [0.29, 0.717) is 52.9 Å². The van der Waals surface area contributed by atoms with Gasteiger partial charge in [0.2, 0.25) is 17.7 Å². The summed E-state index contributed by atoms with van der Waals surface area (Å²) >= 11 is 12.9. The Morgan fingerprint density at radius 1 is 0.775 bits per heavy atom. The van der Waals surface area contributed by atoms with Gasteiger partial charge in [-0.2, -0.15) is 0 Å². The maximum Gasteiger partial charge on any atom is 0.410 e. The van der Waals surface area contributed by atoms with Crippen molar-refractivity contribution in [2.75, 3.05) is 34.4 Å². The molecule has 9 atom stereocenters. The van der Waals surface area contributed by atoms with E-state index in [9.17, 15) is 37.5 Å². The second-order valence-corrected chi connectivity index (χ2v) is 19.6. The number of carbonyl (C=O) groups is 6. The number of likely N-dealkylation sites (tertiary alicyclic amines) is 2. The van der Waals surface area contributed by atoms with Crippen LogP contribution >= 0.6 is 23.2 Å². The number of aromatic amines is 2. The summed E-state index contributed by atoms with van der Waals surface area (Å²) in [4.78, 5) is 86.6. The van der Waals surface area contributed by atoms with Crippen molar-refractivity contribution < 1.29 is 61.2 Å². The number of aromatic nitrogens is 2. The zero-order chi connectivity index (χ0) is 52.8. The molecule has 6 rings (SSSR count). The highest BCUT2D eigenvalue weighted by Gasteiger charge is 2.45. The number of halogens is 4. The van der Waals surface area contributed by atoms with E-state index in [1.807, 2.05) is 0 Å². The number of hydrogen-bond donors (Lipinski definition) is 4. The number of methoxy groups -OCH3 is 2. The third kappa shape index (κ3) is 13.7. The summed E-state index contributed by atoms with van der Waals surface area (Å²) in [6.07, 6.45) is -1.61. The summed E-state index contributed by atoms with van der Waals surface area (Å²) in [7, 11) is 4.35. The second kappa shape index (κ2) is 23.8. The number of ether oxygens (including phenoxy) is 5. The molecule has 390 valence electrons. The molecule has 4 heterocycles. The third-order valence-corrected chi connectivity index (χ3v) is 13.5. The number of nitrogens with two attached hydrogens (primary N) is 1.